The zero-order valence-corrected chi connectivity index (χ0v) is 19.6. The quantitative estimate of drug-likeness (QED) is 0.481. The smallest absolute Gasteiger partial charge is 0.242 e. The van der Waals surface area contributed by atoms with Crippen LogP contribution >= 0.6 is 23.4 Å². The molecule has 4 nitrogen and oxygen atoms in total. The molecule has 0 spiro atoms. The third kappa shape index (κ3) is 8.04. The Morgan fingerprint density at radius 3 is 2.53 bits per heavy atom. The van der Waals surface area contributed by atoms with E-state index in [1.54, 1.807) is 11.8 Å². The van der Waals surface area contributed by atoms with Crippen LogP contribution in [0.2, 0.25) is 5.02 Å². The van der Waals surface area contributed by atoms with Gasteiger partial charge in [-0.2, -0.15) is 0 Å². The second kappa shape index (κ2) is 12.7. The van der Waals surface area contributed by atoms with Gasteiger partial charge in [-0.1, -0.05) is 66.9 Å². The maximum atomic E-state index is 13.0. The van der Waals surface area contributed by atoms with E-state index in [0.717, 1.165) is 24.0 Å². The van der Waals surface area contributed by atoms with E-state index < -0.39 is 6.04 Å². The van der Waals surface area contributed by atoms with Crippen LogP contribution in [0.4, 0.5) is 0 Å². The number of aryl methyl sites for hydroxylation is 1. The highest BCUT2D eigenvalue weighted by Crippen LogP contribution is 2.18. The number of rotatable bonds is 11. The molecule has 2 aromatic carbocycles. The molecule has 2 amide bonds. The Labute approximate surface area is 189 Å². The summed E-state index contributed by atoms with van der Waals surface area (Å²) in [5, 5.41) is 3.64. The van der Waals surface area contributed by atoms with Crippen molar-refractivity contribution in [3.63, 3.8) is 0 Å². The predicted octanol–water partition coefficient (Wildman–Crippen LogP) is 5.22. The van der Waals surface area contributed by atoms with Gasteiger partial charge in [0.1, 0.15) is 6.04 Å². The molecule has 0 saturated heterocycles. The fourth-order valence-electron chi connectivity index (χ4n) is 2.97. The molecule has 2 aromatic rings. The van der Waals surface area contributed by atoms with Crippen LogP contribution in [0.1, 0.15) is 43.4 Å². The van der Waals surface area contributed by atoms with E-state index in [0.29, 0.717) is 29.6 Å². The Morgan fingerprint density at radius 2 is 1.87 bits per heavy atom. The third-order valence-corrected chi connectivity index (χ3v) is 6.08. The molecule has 0 heterocycles. The molecule has 0 aliphatic carbocycles. The second-order valence-electron chi connectivity index (χ2n) is 7.45. The molecule has 1 atom stereocenters. The van der Waals surface area contributed by atoms with Crippen molar-refractivity contribution < 1.29 is 9.59 Å². The number of amides is 2. The molecule has 0 saturated carbocycles. The molecule has 0 bridgehead atoms. The summed E-state index contributed by atoms with van der Waals surface area (Å²) in [6.07, 6.45) is 1.95. The lowest BCUT2D eigenvalue weighted by Gasteiger charge is -2.29. The molecule has 0 aliphatic rings. The van der Waals surface area contributed by atoms with E-state index in [-0.39, 0.29) is 11.8 Å². The fraction of sp³-hybridized carbons (Fsp3) is 0.417. The molecule has 0 aliphatic heterocycles. The summed E-state index contributed by atoms with van der Waals surface area (Å²) in [5.74, 6) is 0.858. The topological polar surface area (TPSA) is 49.4 Å². The van der Waals surface area contributed by atoms with Crippen molar-refractivity contribution in [1.29, 1.82) is 0 Å². The van der Waals surface area contributed by atoms with Crippen LogP contribution in [-0.2, 0) is 21.9 Å². The van der Waals surface area contributed by atoms with Gasteiger partial charge in [0, 0.05) is 23.9 Å². The van der Waals surface area contributed by atoms with Crippen molar-refractivity contribution in [2.75, 3.05) is 12.3 Å². The first kappa shape index (κ1) is 24.3. The Kier molecular flexibility index (Phi) is 10.2. The summed E-state index contributed by atoms with van der Waals surface area (Å²) >= 11 is 7.57. The number of nitrogens with zero attached hydrogens (tertiary/aromatic N) is 1. The van der Waals surface area contributed by atoms with Crippen molar-refractivity contribution in [3.05, 3.63) is 70.2 Å². The van der Waals surface area contributed by atoms with Gasteiger partial charge in [0.05, 0.1) is 5.75 Å². The summed E-state index contributed by atoms with van der Waals surface area (Å²) in [6, 6.07) is 15.2. The molecule has 0 unspecified atom stereocenters. The fourth-order valence-corrected chi connectivity index (χ4v) is 4.05. The van der Waals surface area contributed by atoms with Crippen molar-refractivity contribution >= 4 is 35.2 Å². The lowest BCUT2D eigenvalue weighted by atomic mass is 10.1. The number of carbonyl (C=O) groups excluding carboxylic acids is 2. The summed E-state index contributed by atoms with van der Waals surface area (Å²) in [6.45, 7) is 6.97. The Bertz CT molecular complexity index is 826. The van der Waals surface area contributed by atoms with Gasteiger partial charge < -0.3 is 10.2 Å². The van der Waals surface area contributed by atoms with E-state index >= 15 is 0 Å². The zero-order valence-electron chi connectivity index (χ0n) is 18.0. The number of halogens is 1. The molecule has 0 radical (unpaired) electrons. The first-order valence-corrected chi connectivity index (χ1v) is 11.9. The Balaban J connectivity index is 2.03. The zero-order chi connectivity index (χ0) is 21.9. The number of unbranched alkanes of at least 4 members (excludes halogenated alkanes) is 1. The minimum atomic E-state index is -0.526. The standard InChI is InChI=1S/C24H31ClN2O2S/c1-4-5-13-26-24(29)19(3)27(15-20-11-9-18(2)10-12-20)23(28)17-30-16-21-7-6-8-22(25)14-21/h6-12,14,19H,4-5,13,15-17H2,1-3H3,(H,26,29)/t19-/m1/s1. The highest BCUT2D eigenvalue weighted by Gasteiger charge is 2.25. The van der Waals surface area contributed by atoms with Crippen LogP contribution in [0, 0.1) is 6.92 Å². The van der Waals surface area contributed by atoms with Gasteiger partial charge in [0.15, 0.2) is 0 Å². The second-order valence-corrected chi connectivity index (χ2v) is 8.87. The lowest BCUT2D eigenvalue weighted by Crippen LogP contribution is -2.48. The number of benzene rings is 2. The molecular weight excluding hydrogens is 416 g/mol. The molecule has 1 N–H and O–H groups in total. The maximum absolute atomic E-state index is 13.0. The molecule has 6 heteroatoms. The SMILES string of the molecule is CCCCNC(=O)[C@@H](C)N(Cc1ccc(C)cc1)C(=O)CSCc1cccc(Cl)c1. The van der Waals surface area contributed by atoms with Gasteiger partial charge in [0.25, 0.3) is 0 Å². The molecular formula is C24H31ClN2O2S. The van der Waals surface area contributed by atoms with Crippen molar-refractivity contribution in [1.82, 2.24) is 10.2 Å². The highest BCUT2D eigenvalue weighted by atomic mass is 35.5. The molecule has 0 aromatic heterocycles. The van der Waals surface area contributed by atoms with Crippen LogP contribution in [-0.4, -0.2) is 35.1 Å². The monoisotopic (exact) mass is 446 g/mol. The van der Waals surface area contributed by atoms with Crippen molar-refractivity contribution in [2.45, 2.75) is 52.0 Å². The van der Waals surface area contributed by atoms with E-state index in [1.807, 2.05) is 55.5 Å². The van der Waals surface area contributed by atoms with E-state index in [4.69, 9.17) is 11.6 Å². The number of carbonyl (C=O) groups is 2. The third-order valence-electron chi connectivity index (χ3n) is 4.85. The van der Waals surface area contributed by atoms with Crippen LogP contribution in [0.15, 0.2) is 48.5 Å². The summed E-state index contributed by atoms with van der Waals surface area (Å²) in [5.41, 5.74) is 3.26. The number of thioether (sulfide) groups is 1. The molecule has 30 heavy (non-hydrogen) atoms. The van der Waals surface area contributed by atoms with E-state index in [9.17, 15) is 9.59 Å². The van der Waals surface area contributed by atoms with Gasteiger partial charge in [-0.15, -0.1) is 11.8 Å². The number of hydrogen-bond acceptors (Lipinski definition) is 3. The molecule has 2 rings (SSSR count). The van der Waals surface area contributed by atoms with Crippen LogP contribution in [0.25, 0.3) is 0 Å². The lowest BCUT2D eigenvalue weighted by molar-refractivity contribution is -0.138. The number of nitrogens with one attached hydrogen (secondary N) is 1. The van der Waals surface area contributed by atoms with Crippen LogP contribution in [0.5, 0.6) is 0 Å². The highest BCUT2D eigenvalue weighted by molar-refractivity contribution is 7.99. The normalized spacial score (nSPS) is 11.7. The van der Waals surface area contributed by atoms with Crippen LogP contribution < -0.4 is 5.32 Å². The van der Waals surface area contributed by atoms with Gasteiger partial charge in [-0.3, -0.25) is 9.59 Å². The first-order valence-electron chi connectivity index (χ1n) is 10.4. The summed E-state index contributed by atoms with van der Waals surface area (Å²) < 4.78 is 0. The first-order chi connectivity index (χ1) is 14.4. The maximum Gasteiger partial charge on any atom is 0.242 e. The van der Waals surface area contributed by atoms with Gasteiger partial charge in [-0.05, 0) is 43.5 Å². The van der Waals surface area contributed by atoms with Crippen molar-refractivity contribution in [3.8, 4) is 0 Å². The molecule has 0 fully saturated rings. The minimum Gasteiger partial charge on any atom is -0.354 e. The van der Waals surface area contributed by atoms with Gasteiger partial charge in [-0.25, -0.2) is 0 Å². The average molecular weight is 447 g/mol. The van der Waals surface area contributed by atoms with Crippen LogP contribution in [0.3, 0.4) is 0 Å². The van der Waals surface area contributed by atoms with Gasteiger partial charge >= 0.3 is 0 Å². The minimum absolute atomic E-state index is 0.0410. The van der Waals surface area contributed by atoms with E-state index in [1.165, 1.54) is 17.3 Å². The van der Waals surface area contributed by atoms with E-state index in [2.05, 4.69) is 12.2 Å². The largest absolute Gasteiger partial charge is 0.354 e. The van der Waals surface area contributed by atoms with Crippen molar-refractivity contribution in [2.24, 2.45) is 0 Å². The average Bonchev–Trinajstić information content (AvgIpc) is 2.73. The molecule has 162 valence electrons. The Hall–Kier alpha value is -1.98. The summed E-state index contributed by atoms with van der Waals surface area (Å²) in [4.78, 5) is 27.3. The Morgan fingerprint density at radius 1 is 1.13 bits per heavy atom. The summed E-state index contributed by atoms with van der Waals surface area (Å²) in [7, 11) is 0. The predicted molar refractivity (Wildman–Crippen MR) is 127 cm³/mol. The van der Waals surface area contributed by atoms with Gasteiger partial charge in [0.2, 0.25) is 11.8 Å². The number of hydrogen-bond donors (Lipinski definition) is 1.